The molecule has 108 valence electrons. The second-order valence-electron chi connectivity index (χ2n) is 4.43. The second-order valence-corrected chi connectivity index (χ2v) is 4.43. The number of likely N-dealkylation sites (tertiary alicyclic amines) is 1. The van der Waals surface area contributed by atoms with Crippen molar-refractivity contribution in [2.75, 3.05) is 27.8 Å². The average Bonchev–Trinajstić information content (AvgIpc) is 2.76. The lowest BCUT2D eigenvalue weighted by Crippen LogP contribution is -2.37. The van der Waals surface area contributed by atoms with E-state index in [0.29, 0.717) is 13.0 Å². The molecule has 1 aliphatic heterocycles. The topological polar surface area (TPSA) is 93.7 Å². The quantitative estimate of drug-likeness (QED) is 0.795. The van der Waals surface area contributed by atoms with E-state index in [4.69, 9.17) is 9.47 Å². The highest BCUT2D eigenvalue weighted by molar-refractivity contribution is 5.93. The number of methoxy groups -OCH3 is 2. The summed E-state index contributed by atoms with van der Waals surface area (Å²) in [5.41, 5.74) is 0.135. The molecule has 0 unspecified atom stereocenters. The van der Waals surface area contributed by atoms with Crippen LogP contribution in [0, 0.1) is 0 Å². The summed E-state index contributed by atoms with van der Waals surface area (Å²) in [5.74, 6) is -0.146. The number of amides is 2. The Morgan fingerprint density at radius 3 is 2.70 bits per heavy atom. The Labute approximate surface area is 116 Å². The Hall–Kier alpha value is -2.38. The molecule has 1 fully saturated rings. The number of rotatable bonds is 4. The molecular weight excluding hydrogens is 264 g/mol. The van der Waals surface area contributed by atoms with Crippen LogP contribution < -0.4 is 14.8 Å². The standard InChI is InChI=1S/C12H16N4O4/c1-16-6-7(4-10(16)17)13-11(18)8-5-9(19-2)15-12(14-8)20-3/h5,7H,4,6H2,1-3H3,(H,13,18)/t7-/m0/s1. The van der Waals surface area contributed by atoms with Crippen molar-refractivity contribution in [1.82, 2.24) is 20.2 Å². The van der Waals surface area contributed by atoms with Gasteiger partial charge in [0, 0.05) is 26.1 Å². The largest absolute Gasteiger partial charge is 0.481 e. The van der Waals surface area contributed by atoms with Crippen LogP contribution in [0.5, 0.6) is 11.9 Å². The summed E-state index contributed by atoms with van der Waals surface area (Å²) in [5, 5.41) is 2.76. The van der Waals surface area contributed by atoms with E-state index < -0.39 is 5.91 Å². The van der Waals surface area contributed by atoms with E-state index in [1.54, 1.807) is 11.9 Å². The Balaban J connectivity index is 2.11. The minimum Gasteiger partial charge on any atom is -0.481 e. The molecule has 20 heavy (non-hydrogen) atoms. The first-order chi connectivity index (χ1) is 9.53. The SMILES string of the molecule is COc1cc(C(=O)N[C@H]2CC(=O)N(C)C2)nc(OC)n1. The number of ether oxygens (including phenoxy) is 2. The molecule has 0 aliphatic carbocycles. The van der Waals surface area contributed by atoms with Crippen LogP contribution in [0.1, 0.15) is 16.9 Å². The van der Waals surface area contributed by atoms with Crippen LogP contribution in [0.25, 0.3) is 0 Å². The fourth-order valence-corrected chi connectivity index (χ4v) is 1.94. The zero-order valence-corrected chi connectivity index (χ0v) is 11.5. The Kier molecular flexibility index (Phi) is 4.02. The number of nitrogens with one attached hydrogen (secondary N) is 1. The van der Waals surface area contributed by atoms with E-state index in [9.17, 15) is 9.59 Å². The van der Waals surface area contributed by atoms with Crippen molar-refractivity contribution in [1.29, 1.82) is 0 Å². The van der Waals surface area contributed by atoms with Crippen LogP contribution in [-0.2, 0) is 4.79 Å². The monoisotopic (exact) mass is 280 g/mol. The molecule has 1 atom stereocenters. The van der Waals surface area contributed by atoms with Gasteiger partial charge >= 0.3 is 6.01 Å². The van der Waals surface area contributed by atoms with E-state index >= 15 is 0 Å². The van der Waals surface area contributed by atoms with Crippen LogP contribution >= 0.6 is 0 Å². The summed E-state index contributed by atoms with van der Waals surface area (Å²) in [6.07, 6.45) is 0.293. The van der Waals surface area contributed by atoms with Crippen LogP contribution in [0.2, 0.25) is 0 Å². The Bertz CT molecular complexity index is 512. The minimum atomic E-state index is -0.392. The highest BCUT2D eigenvalue weighted by atomic mass is 16.5. The number of hydrogen-bond acceptors (Lipinski definition) is 6. The molecule has 1 aromatic heterocycles. The maximum Gasteiger partial charge on any atom is 0.320 e. The Morgan fingerprint density at radius 2 is 2.15 bits per heavy atom. The molecule has 0 radical (unpaired) electrons. The molecule has 1 aliphatic rings. The zero-order chi connectivity index (χ0) is 14.7. The average molecular weight is 280 g/mol. The van der Waals surface area contributed by atoms with Gasteiger partial charge in [-0.15, -0.1) is 0 Å². The van der Waals surface area contributed by atoms with Gasteiger partial charge in [0.25, 0.3) is 5.91 Å². The first-order valence-corrected chi connectivity index (χ1v) is 6.05. The molecule has 1 N–H and O–H groups in total. The van der Waals surface area contributed by atoms with Crippen molar-refractivity contribution < 1.29 is 19.1 Å². The van der Waals surface area contributed by atoms with Crippen LogP contribution in [0.4, 0.5) is 0 Å². The summed E-state index contributed by atoms with van der Waals surface area (Å²) >= 11 is 0. The van der Waals surface area contributed by atoms with E-state index in [1.165, 1.54) is 20.3 Å². The van der Waals surface area contributed by atoms with Gasteiger partial charge in [-0.05, 0) is 0 Å². The summed E-state index contributed by atoms with van der Waals surface area (Å²) in [4.78, 5) is 33.0. The van der Waals surface area contributed by atoms with Crippen LogP contribution in [-0.4, -0.2) is 60.5 Å². The number of carbonyl (C=O) groups excluding carboxylic acids is 2. The summed E-state index contributed by atoms with van der Waals surface area (Å²) in [6, 6.07) is 1.25. The normalized spacial score (nSPS) is 18.1. The molecule has 2 heterocycles. The van der Waals surface area contributed by atoms with Crippen molar-refractivity contribution in [2.24, 2.45) is 0 Å². The van der Waals surface area contributed by atoms with Gasteiger partial charge in [0.2, 0.25) is 11.8 Å². The van der Waals surface area contributed by atoms with E-state index in [0.717, 1.165) is 0 Å². The van der Waals surface area contributed by atoms with Gasteiger partial charge in [-0.25, -0.2) is 0 Å². The van der Waals surface area contributed by atoms with Crippen molar-refractivity contribution in [2.45, 2.75) is 12.5 Å². The molecule has 0 aromatic carbocycles. The van der Waals surface area contributed by atoms with Crippen molar-refractivity contribution in [3.63, 3.8) is 0 Å². The molecular formula is C12H16N4O4. The molecule has 0 spiro atoms. The lowest BCUT2D eigenvalue weighted by molar-refractivity contribution is -0.126. The maximum atomic E-state index is 12.1. The molecule has 2 rings (SSSR count). The number of likely N-dealkylation sites (N-methyl/N-ethyl adjacent to an activating group) is 1. The van der Waals surface area contributed by atoms with Crippen molar-refractivity contribution in [3.8, 4) is 11.9 Å². The molecule has 0 bridgehead atoms. The van der Waals surface area contributed by atoms with E-state index in [2.05, 4.69) is 15.3 Å². The third kappa shape index (κ3) is 2.95. The number of carbonyl (C=O) groups is 2. The predicted octanol–water partition coefficient (Wildman–Crippen LogP) is -0.546. The Morgan fingerprint density at radius 1 is 1.40 bits per heavy atom. The van der Waals surface area contributed by atoms with Crippen molar-refractivity contribution >= 4 is 11.8 Å². The number of nitrogens with zero attached hydrogens (tertiary/aromatic N) is 3. The first-order valence-electron chi connectivity index (χ1n) is 6.05. The van der Waals surface area contributed by atoms with Gasteiger partial charge in [0.05, 0.1) is 20.3 Å². The zero-order valence-electron chi connectivity index (χ0n) is 11.5. The molecule has 2 amide bonds. The highest BCUT2D eigenvalue weighted by Crippen LogP contribution is 2.14. The van der Waals surface area contributed by atoms with E-state index in [1.807, 2.05) is 0 Å². The first kappa shape index (κ1) is 14.0. The smallest absolute Gasteiger partial charge is 0.320 e. The summed E-state index contributed by atoms with van der Waals surface area (Å²) in [6.45, 7) is 0.490. The fourth-order valence-electron chi connectivity index (χ4n) is 1.94. The van der Waals surface area contributed by atoms with Gasteiger partial charge in [0.15, 0.2) is 0 Å². The lowest BCUT2D eigenvalue weighted by atomic mass is 10.2. The summed E-state index contributed by atoms with van der Waals surface area (Å²) in [7, 11) is 4.54. The van der Waals surface area contributed by atoms with Crippen LogP contribution in [0.3, 0.4) is 0 Å². The lowest BCUT2D eigenvalue weighted by Gasteiger charge is -2.12. The third-order valence-corrected chi connectivity index (χ3v) is 2.98. The van der Waals surface area contributed by atoms with Gasteiger partial charge in [-0.1, -0.05) is 0 Å². The summed E-state index contributed by atoms with van der Waals surface area (Å²) < 4.78 is 9.89. The van der Waals surface area contributed by atoms with E-state index in [-0.39, 0.29) is 29.5 Å². The molecule has 8 heteroatoms. The van der Waals surface area contributed by atoms with Gasteiger partial charge in [-0.2, -0.15) is 9.97 Å². The minimum absolute atomic E-state index is 0.00755. The molecule has 1 saturated heterocycles. The predicted molar refractivity (Wildman–Crippen MR) is 68.6 cm³/mol. The number of aromatic nitrogens is 2. The maximum absolute atomic E-state index is 12.1. The second kappa shape index (κ2) is 5.72. The molecule has 0 saturated carbocycles. The highest BCUT2D eigenvalue weighted by Gasteiger charge is 2.28. The third-order valence-electron chi connectivity index (χ3n) is 2.98. The van der Waals surface area contributed by atoms with Crippen molar-refractivity contribution in [3.05, 3.63) is 11.8 Å². The van der Waals surface area contributed by atoms with Crippen LogP contribution in [0.15, 0.2) is 6.07 Å². The molecule has 8 nitrogen and oxygen atoms in total. The number of hydrogen-bond donors (Lipinski definition) is 1. The van der Waals surface area contributed by atoms with Gasteiger partial charge < -0.3 is 19.7 Å². The van der Waals surface area contributed by atoms with Gasteiger partial charge in [0.1, 0.15) is 5.69 Å². The van der Waals surface area contributed by atoms with Gasteiger partial charge in [-0.3, -0.25) is 9.59 Å². The fraction of sp³-hybridized carbons (Fsp3) is 0.500. The molecule has 1 aromatic rings.